The minimum Gasteiger partial charge on any atom is -0.390 e. The molecule has 156 valence electrons. The smallest absolute Gasteiger partial charge is 0.0824 e. The standard InChI is InChI=1S/C24H42O3/c1-21(2,25)15-27-20-9-8-18-17-7-6-16-14-22(3,26)12-13-23(16,4)19(17)10-11-24(18,20)5/h16-20,25-26H,6-15H2,1-5H3/t16-,17+,18+,19+,20+,22+,23+,24+/m1/s1. The minimum absolute atomic E-state index is 0.287. The predicted molar refractivity (Wildman–Crippen MR) is 108 cm³/mol. The van der Waals surface area contributed by atoms with Crippen LogP contribution in [0.25, 0.3) is 0 Å². The van der Waals surface area contributed by atoms with Crippen molar-refractivity contribution in [3.63, 3.8) is 0 Å². The van der Waals surface area contributed by atoms with Crippen LogP contribution < -0.4 is 0 Å². The van der Waals surface area contributed by atoms with Crippen LogP contribution in [0, 0.1) is 34.5 Å². The van der Waals surface area contributed by atoms with E-state index in [1.807, 2.05) is 13.8 Å². The molecular formula is C24H42O3. The van der Waals surface area contributed by atoms with E-state index in [2.05, 4.69) is 20.8 Å². The molecule has 0 bridgehead atoms. The summed E-state index contributed by atoms with van der Waals surface area (Å²) < 4.78 is 6.30. The third kappa shape index (κ3) is 3.40. The summed E-state index contributed by atoms with van der Waals surface area (Å²) in [5.74, 6) is 3.15. The van der Waals surface area contributed by atoms with Crippen molar-refractivity contribution in [3.8, 4) is 0 Å². The second-order valence-electron chi connectivity index (χ2n) is 12.1. The molecule has 8 atom stereocenters. The van der Waals surface area contributed by atoms with E-state index in [4.69, 9.17) is 4.74 Å². The second-order valence-corrected chi connectivity index (χ2v) is 12.1. The zero-order valence-corrected chi connectivity index (χ0v) is 18.3. The highest BCUT2D eigenvalue weighted by molar-refractivity contribution is 5.10. The highest BCUT2D eigenvalue weighted by atomic mass is 16.5. The van der Waals surface area contributed by atoms with Crippen LogP contribution in [0.15, 0.2) is 0 Å². The number of hydrogen-bond donors (Lipinski definition) is 2. The van der Waals surface area contributed by atoms with Gasteiger partial charge in [0.1, 0.15) is 0 Å². The molecule has 4 rings (SSSR count). The molecule has 2 N–H and O–H groups in total. The molecule has 3 nitrogen and oxygen atoms in total. The average Bonchev–Trinajstić information content (AvgIpc) is 2.89. The second kappa shape index (κ2) is 6.44. The fourth-order valence-corrected chi connectivity index (χ4v) is 7.96. The van der Waals surface area contributed by atoms with Gasteiger partial charge in [0.15, 0.2) is 0 Å². The third-order valence-corrected chi connectivity index (χ3v) is 9.50. The predicted octanol–water partition coefficient (Wildman–Crippen LogP) is 4.94. The molecule has 0 aromatic rings. The Bertz CT molecular complexity index is 564. The number of aliphatic hydroxyl groups is 2. The molecular weight excluding hydrogens is 336 g/mol. The fraction of sp³-hybridized carbons (Fsp3) is 1.00. The van der Waals surface area contributed by atoms with Crippen LogP contribution in [0.4, 0.5) is 0 Å². The molecule has 0 unspecified atom stereocenters. The molecule has 27 heavy (non-hydrogen) atoms. The van der Waals surface area contributed by atoms with E-state index in [0.29, 0.717) is 24.0 Å². The SMILES string of the molecule is CC(C)(O)CO[C@H]1CC[C@H]2[C@@H]3CC[C@@H]4C[C@@](C)(O)CC[C@]4(C)[C@H]3CC[C@]12C. The van der Waals surface area contributed by atoms with Crippen molar-refractivity contribution in [3.05, 3.63) is 0 Å². The lowest BCUT2D eigenvalue weighted by Crippen LogP contribution is -2.56. The molecule has 0 aromatic carbocycles. The lowest BCUT2D eigenvalue weighted by Gasteiger charge is -2.61. The van der Waals surface area contributed by atoms with E-state index in [-0.39, 0.29) is 5.41 Å². The van der Waals surface area contributed by atoms with Gasteiger partial charge < -0.3 is 14.9 Å². The molecule has 4 saturated carbocycles. The van der Waals surface area contributed by atoms with Crippen LogP contribution in [0.5, 0.6) is 0 Å². The van der Waals surface area contributed by atoms with Crippen LogP contribution in [0.3, 0.4) is 0 Å². The lowest BCUT2D eigenvalue weighted by atomic mass is 9.44. The normalized spacial score (nSPS) is 52.8. The zero-order valence-electron chi connectivity index (χ0n) is 18.3. The lowest BCUT2D eigenvalue weighted by molar-refractivity contribution is -0.161. The number of rotatable bonds is 3. The van der Waals surface area contributed by atoms with Crippen LogP contribution in [0.1, 0.15) is 92.4 Å². The van der Waals surface area contributed by atoms with Gasteiger partial charge >= 0.3 is 0 Å². The van der Waals surface area contributed by atoms with Gasteiger partial charge in [-0.25, -0.2) is 0 Å². The Balaban J connectivity index is 1.51. The Kier molecular flexibility index (Phi) is 4.81. The van der Waals surface area contributed by atoms with Crippen LogP contribution in [-0.4, -0.2) is 34.1 Å². The van der Waals surface area contributed by atoms with Crippen LogP contribution in [0.2, 0.25) is 0 Å². The zero-order chi connectivity index (χ0) is 19.7. The van der Waals surface area contributed by atoms with Gasteiger partial charge in [-0.15, -0.1) is 0 Å². The first-order valence-corrected chi connectivity index (χ1v) is 11.5. The van der Waals surface area contributed by atoms with Gasteiger partial charge in [-0.05, 0) is 113 Å². The molecule has 0 spiro atoms. The molecule has 0 heterocycles. The molecule has 3 heteroatoms. The first-order valence-electron chi connectivity index (χ1n) is 11.5. The Morgan fingerprint density at radius 1 is 0.889 bits per heavy atom. The molecule has 0 radical (unpaired) electrons. The van der Waals surface area contributed by atoms with E-state index in [1.54, 1.807) is 0 Å². The van der Waals surface area contributed by atoms with E-state index < -0.39 is 11.2 Å². The summed E-state index contributed by atoms with van der Waals surface area (Å²) >= 11 is 0. The summed E-state index contributed by atoms with van der Waals surface area (Å²) in [6.07, 6.45) is 11.2. The van der Waals surface area contributed by atoms with Crippen molar-refractivity contribution >= 4 is 0 Å². The average molecular weight is 379 g/mol. The third-order valence-electron chi connectivity index (χ3n) is 9.50. The Morgan fingerprint density at radius 3 is 2.30 bits per heavy atom. The summed E-state index contributed by atoms with van der Waals surface area (Å²) in [6.45, 7) is 11.2. The van der Waals surface area contributed by atoms with Crippen molar-refractivity contribution in [1.29, 1.82) is 0 Å². The maximum absolute atomic E-state index is 10.6. The van der Waals surface area contributed by atoms with Gasteiger partial charge in [0.05, 0.1) is 23.9 Å². The summed E-state index contributed by atoms with van der Waals surface area (Å²) in [4.78, 5) is 0. The maximum atomic E-state index is 10.6. The van der Waals surface area contributed by atoms with Gasteiger partial charge in [-0.3, -0.25) is 0 Å². The topological polar surface area (TPSA) is 49.7 Å². The molecule has 0 amide bonds. The van der Waals surface area contributed by atoms with E-state index in [9.17, 15) is 10.2 Å². The fourth-order valence-electron chi connectivity index (χ4n) is 7.96. The van der Waals surface area contributed by atoms with Crippen molar-refractivity contribution in [2.24, 2.45) is 34.5 Å². The van der Waals surface area contributed by atoms with Crippen molar-refractivity contribution in [1.82, 2.24) is 0 Å². The number of fused-ring (bicyclic) bond motifs is 5. The van der Waals surface area contributed by atoms with Crippen molar-refractivity contribution < 1.29 is 14.9 Å². The summed E-state index contributed by atoms with van der Waals surface area (Å²) in [5.41, 5.74) is -0.464. The molecule has 4 aliphatic rings. The van der Waals surface area contributed by atoms with Gasteiger partial charge in [0.2, 0.25) is 0 Å². The molecule has 0 aromatic heterocycles. The Hall–Kier alpha value is -0.120. The quantitative estimate of drug-likeness (QED) is 0.731. The summed E-state index contributed by atoms with van der Waals surface area (Å²) in [5, 5.41) is 20.7. The summed E-state index contributed by atoms with van der Waals surface area (Å²) in [7, 11) is 0. The Morgan fingerprint density at radius 2 is 1.59 bits per heavy atom. The first-order chi connectivity index (χ1) is 12.4. The van der Waals surface area contributed by atoms with Gasteiger partial charge in [-0.2, -0.15) is 0 Å². The van der Waals surface area contributed by atoms with E-state index in [1.165, 1.54) is 38.5 Å². The van der Waals surface area contributed by atoms with E-state index in [0.717, 1.165) is 37.0 Å². The maximum Gasteiger partial charge on any atom is 0.0824 e. The highest BCUT2D eigenvalue weighted by Crippen LogP contribution is 2.67. The van der Waals surface area contributed by atoms with Crippen molar-refractivity contribution in [2.45, 2.75) is 110 Å². The monoisotopic (exact) mass is 378 g/mol. The molecule has 4 aliphatic carbocycles. The van der Waals surface area contributed by atoms with E-state index >= 15 is 0 Å². The van der Waals surface area contributed by atoms with Crippen LogP contribution in [-0.2, 0) is 4.74 Å². The van der Waals surface area contributed by atoms with Gasteiger partial charge in [-0.1, -0.05) is 13.8 Å². The first kappa shape index (κ1) is 20.2. The Labute approximate surface area is 166 Å². The van der Waals surface area contributed by atoms with Gasteiger partial charge in [0, 0.05) is 0 Å². The minimum atomic E-state index is -0.740. The number of hydrogen-bond acceptors (Lipinski definition) is 3. The molecule has 0 saturated heterocycles. The largest absolute Gasteiger partial charge is 0.390 e. The summed E-state index contributed by atoms with van der Waals surface area (Å²) in [6, 6.07) is 0. The van der Waals surface area contributed by atoms with Crippen LogP contribution >= 0.6 is 0 Å². The molecule has 0 aliphatic heterocycles. The van der Waals surface area contributed by atoms with Crippen molar-refractivity contribution in [2.75, 3.05) is 6.61 Å². The number of ether oxygens (including phenoxy) is 1. The van der Waals surface area contributed by atoms with Gasteiger partial charge in [0.25, 0.3) is 0 Å². The molecule has 4 fully saturated rings. The highest BCUT2D eigenvalue weighted by Gasteiger charge is 2.61.